The number of aromatic nitrogens is 1. The van der Waals surface area contributed by atoms with Crippen LogP contribution < -0.4 is 4.74 Å². The lowest BCUT2D eigenvalue weighted by Crippen LogP contribution is -2.37. The van der Waals surface area contributed by atoms with Crippen LogP contribution in [-0.2, 0) is 22.5 Å². The smallest absolute Gasteiger partial charge is 0.228 e. The fraction of sp³-hybridized carbons (Fsp3) is 0.385. The molecule has 168 valence electrons. The molecule has 1 fully saturated rings. The number of hydrogen-bond donors (Lipinski definition) is 0. The molecule has 0 N–H and O–H groups in total. The number of carbonyl (C=O) groups excluding carboxylic acids is 1. The molecule has 1 atom stereocenters. The van der Waals surface area contributed by atoms with E-state index in [1.54, 1.807) is 18.4 Å². The summed E-state index contributed by atoms with van der Waals surface area (Å²) in [4.78, 5) is 21.2. The first-order chi connectivity index (χ1) is 15.5. The Bertz CT molecular complexity index is 1060. The second kappa shape index (κ2) is 10.3. The molecule has 32 heavy (non-hydrogen) atoms. The average molecular weight is 451 g/mol. The molecule has 0 spiro atoms. The van der Waals surface area contributed by atoms with Crippen LogP contribution >= 0.6 is 11.3 Å². The van der Waals surface area contributed by atoms with Gasteiger partial charge < -0.3 is 14.4 Å². The highest BCUT2D eigenvalue weighted by atomic mass is 32.1. The minimum absolute atomic E-state index is 0.0865. The van der Waals surface area contributed by atoms with Crippen molar-refractivity contribution in [1.29, 1.82) is 0 Å². The number of rotatable bonds is 8. The quantitative estimate of drug-likeness (QED) is 0.474. The van der Waals surface area contributed by atoms with Crippen molar-refractivity contribution in [3.63, 3.8) is 0 Å². The molecule has 4 rings (SSSR count). The highest BCUT2D eigenvalue weighted by Crippen LogP contribution is 2.30. The zero-order chi connectivity index (χ0) is 22.5. The first-order valence-electron chi connectivity index (χ1n) is 11.1. The van der Waals surface area contributed by atoms with Gasteiger partial charge >= 0.3 is 0 Å². The van der Waals surface area contributed by atoms with Gasteiger partial charge in [0.15, 0.2) is 0 Å². The van der Waals surface area contributed by atoms with E-state index in [1.165, 1.54) is 5.56 Å². The molecule has 1 aliphatic rings. The van der Waals surface area contributed by atoms with Gasteiger partial charge in [0.2, 0.25) is 5.91 Å². The van der Waals surface area contributed by atoms with E-state index >= 15 is 0 Å². The molecule has 0 saturated carbocycles. The lowest BCUT2D eigenvalue weighted by atomic mass is 10.1. The number of hydrogen-bond acceptors (Lipinski definition) is 5. The molecule has 1 unspecified atom stereocenters. The predicted octanol–water partition coefficient (Wildman–Crippen LogP) is 5.19. The number of methoxy groups -OCH3 is 1. The summed E-state index contributed by atoms with van der Waals surface area (Å²) in [5, 5.41) is 0.971. The Hall–Kier alpha value is -2.70. The Kier molecular flexibility index (Phi) is 7.22. The Morgan fingerprint density at radius 1 is 1.19 bits per heavy atom. The van der Waals surface area contributed by atoms with Crippen molar-refractivity contribution in [1.82, 2.24) is 9.88 Å². The number of aryl methyl sites for hydroxylation is 2. The van der Waals surface area contributed by atoms with Crippen LogP contribution in [0.15, 0.2) is 48.5 Å². The molecule has 1 aliphatic heterocycles. The lowest BCUT2D eigenvalue weighted by molar-refractivity contribution is -0.132. The fourth-order valence-electron chi connectivity index (χ4n) is 4.10. The second-order valence-corrected chi connectivity index (χ2v) is 9.56. The number of benzene rings is 2. The monoisotopic (exact) mass is 450 g/mol. The third-order valence-corrected chi connectivity index (χ3v) is 6.77. The molecular weight excluding hydrogens is 420 g/mol. The van der Waals surface area contributed by atoms with Gasteiger partial charge in [0, 0.05) is 35.7 Å². The number of ether oxygens (including phenoxy) is 2. The molecule has 3 aromatic rings. The zero-order valence-electron chi connectivity index (χ0n) is 19.0. The maximum absolute atomic E-state index is 13.6. The predicted molar refractivity (Wildman–Crippen MR) is 128 cm³/mol. The second-order valence-electron chi connectivity index (χ2n) is 8.27. The van der Waals surface area contributed by atoms with Gasteiger partial charge in [-0.1, -0.05) is 48.0 Å². The van der Waals surface area contributed by atoms with E-state index in [-0.39, 0.29) is 12.0 Å². The standard InChI is InChI=1S/C26H30N2O3S/c1-18-10-12-20(13-11-18)26-24(32-19(2)27-26)15-25(29)28(17-22-8-6-14-31-22)16-21-7-4-5-9-23(21)30-3/h4-5,7,9-13,22H,6,8,14-17H2,1-3H3. The van der Waals surface area contributed by atoms with Gasteiger partial charge in [-0.05, 0) is 32.8 Å². The third-order valence-electron chi connectivity index (χ3n) is 5.80. The molecule has 2 heterocycles. The van der Waals surface area contributed by atoms with Gasteiger partial charge in [-0.3, -0.25) is 4.79 Å². The van der Waals surface area contributed by atoms with E-state index in [2.05, 4.69) is 31.2 Å². The number of amides is 1. The highest BCUT2D eigenvalue weighted by molar-refractivity contribution is 7.12. The molecule has 0 aliphatic carbocycles. The average Bonchev–Trinajstić information content (AvgIpc) is 3.43. The van der Waals surface area contributed by atoms with E-state index in [0.717, 1.165) is 51.9 Å². The van der Waals surface area contributed by atoms with Crippen molar-refractivity contribution in [2.24, 2.45) is 0 Å². The van der Waals surface area contributed by atoms with Crippen LogP contribution in [0.2, 0.25) is 0 Å². The maximum atomic E-state index is 13.6. The van der Waals surface area contributed by atoms with Crippen molar-refractivity contribution >= 4 is 17.2 Å². The molecule has 2 aromatic carbocycles. The van der Waals surface area contributed by atoms with Crippen molar-refractivity contribution in [3.05, 3.63) is 69.5 Å². The molecule has 6 heteroatoms. The summed E-state index contributed by atoms with van der Waals surface area (Å²) in [6, 6.07) is 16.2. The van der Waals surface area contributed by atoms with Crippen molar-refractivity contribution < 1.29 is 14.3 Å². The van der Waals surface area contributed by atoms with Crippen LogP contribution in [-0.4, -0.2) is 42.2 Å². The van der Waals surface area contributed by atoms with Crippen molar-refractivity contribution in [2.75, 3.05) is 20.3 Å². The third kappa shape index (κ3) is 5.37. The van der Waals surface area contributed by atoms with Crippen LogP contribution in [0.25, 0.3) is 11.3 Å². The van der Waals surface area contributed by atoms with Crippen LogP contribution in [0, 0.1) is 13.8 Å². The van der Waals surface area contributed by atoms with E-state index in [0.29, 0.717) is 19.5 Å². The highest BCUT2D eigenvalue weighted by Gasteiger charge is 2.25. The summed E-state index contributed by atoms with van der Waals surface area (Å²) in [6.07, 6.45) is 2.46. The van der Waals surface area contributed by atoms with Gasteiger partial charge in [0.05, 0.1) is 30.3 Å². The van der Waals surface area contributed by atoms with Gasteiger partial charge in [-0.15, -0.1) is 11.3 Å². The van der Waals surface area contributed by atoms with Gasteiger partial charge in [-0.25, -0.2) is 4.98 Å². The Labute approximate surface area is 194 Å². The summed E-state index contributed by atoms with van der Waals surface area (Å²) in [6.45, 7) is 5.93. The lowest BCUT2D eigenvalue weighted by Gasteiger charge is -2.26. The minimum atomic E-state index is 0.0865. The number of thiazole rings is 1. The minimum Gasteiger partial charge on any atom is -0.496 e. The van der Waals surface area contributed by atoms with E-state index in [4.69, 9.17) is 14.5 Å². The van der Waals surface area contributed by atoms with E-state index < -0.39 is 0 Å². The first-order valence-corrected chi connectivity index (χ1v) is 11.9. The van der Waals surface area contributed by atoms with Gasteiger partial charge in [0.1, 0.15) is 5.75 Å². The van der Waals surface area contributed by atoms with Crippen LogP contribution in [0.1, 0.15) is 33.9 Å². The normalized spacial score (nSPS) is 15.7. The maximum Gasteiger partial charge on any atom is 0.228 e. The number of carbonyl (C=O) groups is 1. The van der Waals surface area contributed by atoms with Crippen LogP contribution in [0.4, 0.5) is 0 Å². The Morgan fingerprint density at radius 3 is 2.69 bits per heavy atom. The summed E-state index contributed by atoms with van der Waals surface area (Å²) < 4.78 is 11.4. The fourth-order valence-corrected chi connectivity index (χ4v) is 5.05. The first kappa shape index (κ1) is 22.5. The molecule has 1 saturated heterocycles. The summed E-state index contributed by atoms with van der Waals surface area (Å²) >= 11 is 1.60. The molecule has 1 amide bonds. The number of para-hydroxylation sites is 1. The summed E-state index contributed by atoms with van der Waals surface area (Å²) in [5.41, 5.74) is 4.17. The number of nitrogens with zero attached hydrogens (tertiary/aromatic N) is 2. The Morgan fingerprint density at radius 2 is 1.97 bits per heavy atom. The Balaban J connectivity index is 1.58. The van der Waals surface area contributed by atoms with Gasteiger partial charge in [0.25, 0.3) is 0 Å². The van der Waals surface area contributed by atoms with Crippen molar-refractivity contribution in [2.45, 2.75) is 45.8 Å². The van der Waals surface area contributed by atoms with Crippen molar-refractivity contribution in [3.8, 4) is 17.0 Å². The largest absolute Gasteiger partial charge is 0.496 e. The molecular formula is C26H30N2O3S. The van der Waals surface area contributed by atoms with E-state index in [1.807, 2.05) is 36.1 Å². The zero-order valence-corrected chi connectivity index (χ0v) is 19.8. The summed E-state index contributed by atoms with van der Waals surface area (Å²) in [5.74, 6) is 0.884. The van der Waals surface area contributed by atoms with Crippen LogP contribution in [0.3, 0.4) is 0 Å². The SMILES string of the molecule is COc1ccccc1CN(CC1CCCO1)C(=O)Cc1sc(C)nc1-c1ccc(C)cc1. The molecule has 5 nitrogen and oxygen atoms in total. The van der Waals surface area contributed by atoms with E-state index in [9.17, 15) is 4.79 Å². The summed E-state index contributed by atoms with van der Waals surface area (Å²) in [7, 11) is 1.67. The van der Waals surface area contributed by atoms with Gasteiger partial charge in [-0.2, -0.15) is 0 Å². The van der Waals surface area contributed by atoms with Crippen LogP contribution in [0.5, 0.6) is 5.75 Å². The molecule has 1 aromatic heterocycles. The topological polar surface area (TPSA) is 51.7 Å². The molecule has 0 radical (unpaired) electrons. The molecule has 0 bridgehead atoms.